The molecule has 1 fully saturated rings. The molecule has 0 bridgehead atoms. The van der Waals surface area contributed by atoms with Crippen LogP contribution in [0.1, 0.15) is 24.9 Å². The molecule has 19 heavy (non-hydrogen) atoms. The van der Waals surface area contributed by atoms with E-state index in [9.17, 15) is 13.2 Å². The van der Waals surface area contributed by atoms with Gasteiger partial charge in [0.15, 0.2) is 0 Å². The second-order valence-electron chi connectivity index (χ2n) is 5.03. The van der Waals surface area contributed by atoms with Crippen LogP contribution in [0.25, 0.3) is 0 Å². The summed E-state index contributed by atoms with van der Waals surface area (Å²) in [6.45, 7) is 2.40. The lowest BCUT2D eigenvalue weighted by atomic mass is 10.1. The SMILES string of the molecule is CC(c1ccccc1)N1CC(CS(N)(=O)=O)CC1=O. The predicted molar refractivity (Wildman–Crippen MR) is 72.7 cm³/mol. The molecule has 104 valence electrons. The molecule has 0 saturated carbocycles. The van der Waals surface area contributed by atoms with Gasteiger partial charge in [0.05, 0.1) is 11.8 Å². The van der Waals surface area contributed by atoms with Gasteiger partial charge in [-0.15, -0.1) is 0 Å². The van der Waals surface area contributed by atoms with Gasteiger partial charge in [-0.25, -0.2) is 13.6 Å². The molecule has 0 radical (unpaired) electrons. The van der Waals surface area contributed by atoms with Crippen LogP contribution < -0.4 is 5.14 Å². The molecule has 0 aromatic heterocycles. The summed E-state index contributed by atoms with van der Waals surface area (Å²) in [4.78, 5) is 13.7. The molecule has 2 atom stereocenters. The van der Waals surface area contributed by atoms with Crippen molar-refractivity contribution < 1.29 is 13.2 Å². The fourth-order valence-electron chi connectivity index (χ4n) is 2.53. The molecular weight excluding hydrogens is 264 g/mol. The number of amides is 1. The van der Waals surface area contributed by atoms with Crippen LogP contribution in [-0.2, 0) is 14.8 Å². The lowest BCUT2D eigenvalue weighted by Crippen LogP contribution is -2.30. The maximum atomic E-state index is 12.0. The van der Waals surface area contributed by atoms with Crippen molar-refractivity contribution >= 4 is 15.9 Å². The Morgan fingerprint density at radius 1 is 1.37 bits per heavy atom. The van der Waals surface area contributed by atoms with Crippen LogP contribution in [-0.4, -0.2) is 31.5 Å². The Hall–Kier alpha value is -1.40. The van der Waals surface area contributed by atoms with Crippen molar-refractivity contribution in [1.29, 1.82) is 0 Å². The molecule has 1 aromatic rings. The summed E-state index contributed by atoms with van der Waals surface area (Å²) in [6.07, 6.45) is 0.258. The predicted octanol–water partition coefficient (Wildman–Crippen LogP) is 0.885. The smallest absolute Gasteiger partial charge is 0.223 e. The largest absolute Gasteiger partial charge is 0.336 e. The van der Waals surface area contributed by atoms with Crippen molar-refractivity contribution in [2.24, 2.45) is 11.1 Å². The van der Waals surface area contributed by atoms with Gasteiger partial charge in [-0.1, -0.05) is 30.3 Å². The van der Waals surface area contributed by atoms with E-state index in [2.05, 4.69) is 0 Å². The molecule has 0 spiro atoms. The van der Waals surface area contributed by atoms with Crippen LogP contribution in [0.4, 0.5) is 0 Å². The van der Waals surface area contributed by atoms with Crippen LogP contribution in [0, 0.1) is 5.92 Å². The first-order chi connectivity index (χ1) is 8.87. The fourth-order valence-corrected chi connectivity index (χ4v) is 3.41. The average molecular weight is 282 g/mol. The van der Waals surface area contributed by atoms with Gasteiger partial charge in [0.2, 0.25) is 15.9 Å². The quantitative estimate of drug-likeness (QED) is 0.890. The molecule has 1 amide bonds. The van der Waals surface area contributed by atoms with Gasteiger partial charge in [0.1, 0.15) is 0 Å². The summed E-state index contributed by atoms with van der Waals surface area (Å²) in [5, 5.41) is 5.04. The summed E-state index contributed by atoms with van der Waals surface area (Å²) < 4.78 is 22.2. The maximum Gasteiger partial charge on any atom is 0.223 e. The number of hydrogen-bond acceptors (Lipinski definition) is 3. The second-order valence-corrected chi connectivity index (χ2v) is 6.69. The molecule has 1 saturated heterocycles. The molecule has 5 nitrogen and oxygen atoms in total. The number of carbonyl (C=O) groups excluding carboxylic acids is 1. The number of hydrogen-bond donors (Lipinski definition) is 1. The van der Waals surface area contributed by atoms with Gasteiger partial charge < -0.3 is 4.90 Å². The van der Waals surface area contributed by atoms with Gasteiger partial charge in [-0.05, 0) is 12.5 Å². The van der Waals surface area contributed by atoms with Crippen LogP contribution in [0.3, 0.4) is 0 Å². The number of likely N-dealkylation sites (tertiary alicyclic amines) is 1. The van der Waals surface area contributed by atoms with Crippen molar-refractivity contribution in [2.45, 2.75) is 19.4 Å². The molecular formula is C13H18N2O3S. The van der Waals surface area contributed by atoms with E-state index in [0.717, 1.165) is 5.56 Å². The highest BCUT2D eigenvalue weighted by molar-refractivity contribution is 7.89. The van der Waals surface area contributed by atoms with Crippen molar-refractivity contribution in [1.82, 2.24) is 4.90 Å². The zero-order valence-electron chi connectivity index (χ0n) is 10.8. The number of nitrogens with two attached hydrogens (primary N) is 1. The van der Waals surface area contributed by atoms with Gasteiger partial charge >= 0.3 is 0 Å². The minimum atomic E-state index is -3.52. The molecule has 1 aliphatic rings. The Morgan fingerprint density at radius 2 is 2.00 bits per heavy atom. The highest BCUT2D eigenvalue weighted by Gasteiger charge is 2.34. The summed E-state index contributed by atoms with van der Waals surface area (Å²) in [6, 6.07) is 9.66. The molecule has 2 unspecified atom stereocenters. The van der Waals surface area contributed by atoms with E-state index in [1.807, 2.05) is 37.3 Å². The lowest BCUT2D eigenvalue weighted by molar-refractivity contribution is -0.129. The zero-order chi connectivity index (χ0) is 14.0. The number of sulfonamides is 1. The Labute approximate surface area is 113 Å². The first-order valence-electron chi connectivity index (χ1n) is 6.21. The Kier molecular flexibility index (Phi) is 3.91. The highest BCUT2D eigenvalue weighted by Crippen LogP contribution is 2.28. The van der Waals surface area contributed by atoms with E-state index in [0.29, 0.717) is 6.54 Å². The van der Waals surface area contributed by atoms with E-state index < -0.39 is 10.0 Å². The van der Waals surface area contributed by atoms with Crippen LogP contribution in [0.15, 0.2) is 30.3 Å². The van der Waals surface area contributed by atoms with Gasteiger partial charge in [0.25, 0.3) is 0 Å². The molecule has 1 aliphatic heterocycles. The second kappa shape index (κ2) is 5.30. The first kappa shape index (κ1) is 14.0. The van der Waals surface area contributed by atoms with Crippen molar-refractivity contribution in [3.8, 4) is 0 Å². The number of nitrogens with zero attached hydrogens (tertiary/aromatic N) is 1. The summed E-state index contributed by atoms with van der Waals surface area (Å²) in [5.74, 6) is -0.338. The van der Waals surface area contributed by atoms with Crippen LogP contribution in [0.2, 0.25) is 0 Å². The minimum absolute atomic E-state index is 0.00926. The number of benzene rings is 1. The molecule has 1 aromatic carbocycles. The lowest BCUT2D eigenvalue weighted by Gasteiger charge is -2.25. The van der Waals surface area contributed by atoms with E-state index in [-0.39, 0.29) is 30.0 Å². The number of carbonyl (C=O) groups is 1. The van der Waals surface area contributed by atoms with Crippen molar-refractivity contribution in [2.75, 3.05) is 12.3 Å². The number of rotatable bonds is 4. The Balaban J connectivity index is 2.08. The Morgan fingerprint density at radius 3 is 2.58 bits per heavy atom. The molecule has 1 heterocycles. The highest BCUT2D eigenvalue weighted by atomic mass is 32.2. The molecule has 6 heteroatoms. The molecule has 2 rings (SSSR count). The van der Waals surface area contributed by atoms with Crippen LogP contribution in [0.5, 0.6) is 0 Å². The third kappa shape index (κ3) is 3.54. The summed E-state index contributed by atoms with van der Waals surface area (Å²) in [5.41, 5.74) is 1.05. The van der Waals surface area contributed by atoms with Gasteiger partial charge in [-0.2, -0.15) is 0 Å². The van der Waals surface area contributed by atoms with Crippen LogP contribution >= 0.6 is 0 Å². The molecule has 0 aliphatic carbocycles. The third-order valence-corrected chi connectivity index (χ3v) is 4.39. The molecule has 2 N–H and O–H groups in total. The monoisotopic (exact) mass is 282 g/mol. The maximum absolute atomic E-state index is 12.0. The van der Waals surface area contributed by atoms with Crippen molar-refractivity contribution in [3.63, 3.8) is 0 Å². The van der Waals surface area contributed by atoms with E-state index in [1.54, 1.807) is 4.90 Å². The van der Waals surface area contributed by atoms with Gasteiger partial charge in [-0.3, -0.25) is 4.79 Å². The zero-order valence-corrected chi connectivity index (χ0v) is 11.6. The van der Waals surface area contributed by atoms with Crippen molar-refractivity contribution in [3.05, 3.63) is 35.9 Å². The number of primary sulfonamides is 1. The summed E-state index contributed by atoms with van der Waals surface area (Å²) in [7, 11) is -3.52. The Bertz CT molecular complexity index is 557. The average Bonchev–Trinajstić information content (AvgIpc) is 2.68. The summed E-state index contributed by atoms with van der Waals surface area (Å²) >= 11 is 0. The topological polar surface area (TPSA) is 80.5 Å². The van der Waals surface area contributed by atoms with E-state index in [1.165, 1.54) is 0 Å². The first-order valence-corrected chi connectivity index (χ1v) is 7.93. The van der Waals surface area contributed by atoms with E-state index >= 15 is 0 Å². The normalized spacial score (nSPS) is 21.7. The van der Waals surface area contributed by atoms with E-state index in [4.69, 9.17) is 5.14 Å². The standard InChI is InChI=1S/C13H18N2O3S/c1-10(12-5-3-2-4-6-12)15-8-11(7-13(15)16)9-19(14,17)18/h2-6,10-11H,7-9H2,1H3,(H2,14,17,18). The third-order valence-electron chi connectivity index (χ3n) is 3.46. The van der Waals surface area contributed by atoms with Gasteiger partial charge in [0, 0.05) is 18.9 Å². The fraction of sp³-hybridized carbons (Fsp3) is 0.462. The minimum Gasteiger partial charge on any atom is -0.336 e.